The molecule has 0 aliphatic heterocycles. The van der Waals surface area contributed by atoms with Crippen molar-refractivity contribution in [3.63, 3.8) is 0 Å². The molecule has 0 nitrogen and oxygen atoms in total. The van der Waals surface area contributed by atoms with Crippen molar-refractivity contribution in [1.29, 1.82) is 0 Å². The minimum Gasteiger partial charge on any atom is -0.147 e. The molecule has 0 fully saturated rings. The van der Waals surface area contributed by atoms with E-state index in [0.29, 0.717) is 10.1 Å². The van der Waals surface area contributed by atoms with Gasteiger partial charge in [-0.15, -0.1) is 24.8 Å². The fourth-order valence-corrected chi connectivity index (χ4v) is 18.4. The van der Waals surface area contributed by atoms with E-state index in [0.717, 1.165) is 4.73 Å². The molecule has 0 bridgehead atoms. The first-order chi connectivity index (χ1) is 10.7. The van der Waals surface area contributed by atoms with Crippen molar-refractivity contribution in [2.75, 3.05) is 0 Å². The van der Waals surface area contributed by atoms with E-state index in [1.807, 2.05) is 0 Å². The van der Waals surface area contributed by atoms with Crippen molar-refractivity contribution < 1.29 is 13.0 Å². The number of allylic oxidation sites excluding steroid dienone is 5. The maximum Gasteiger partial charge on any atom is -0.147 e. The maximum absolute atomic E-state index is 7.81. The Morgan fingerprint density at radius 3 is 2.20 bits per heavy atom. The molecule has 0 saturated carbocycles. The minimum atomic E-state index is -3.40. The van der Waals surface area contributed by atoms with E-state index in [4.69, 9.17) is 9.30 Å². The molecular weight excluding hydrogens is 423 g/mol. The second-order valence-electron chi connectivity index (χ2n) is 7.51. The van der Waals surface area contributed by atoms with Gasteiger partial charge in [0.15, 0.2) is 0 Å². The molecule has 0 aromatic heterocycles. The summed E-state index contributed by atoms with van der Waals surface area (Å²) >= 11 is -3.40. The van der Waals surface area contributed by atoms with E-state index in [-0.39, 0.29) is 24.8 Å². The monoisotopic (exact) mass is 450 g/mol. The summed E-state index contributed by atoms with van der Waals surface area (Å²) in [7, 11) is 9.99. The van der Waals surface area contributed by atoms with Gasteiger partial charge in [-0.1, -0.05) is 0 Å². The quantitative estimate of drug-likeness (QED) is 0.449. The van der Waals surface area contributed by atoms with Gasteiger partial charge < -0.3 is 0 Å². The molecule has 25 heavy (non-hydrogen) atoms. The van der Waals surface area contributed by atoms with E-state index >= 15 is 0 Å². The van der Waals surface area contributed by atoms with Crippen LogP contribution < -0.4 is 0 Å². The zero-order chi connectivity index (χ0) is 17.0. The summed E-state index contributed by atoms with van der Waals surface area (Å²) in [4.78, 5) is 0. The normalized spacial score (nSPS) is 22.7. The molecule has 0 N–H and O–H groups in total. The van der Waals surface area contributed by atoms with Crippen molar-refractivity contribution in [3.05, 3.63) is 62.1 Å². The van der Waals surface area contributed by atoms with Crippen LogP contribution in [0.25, 0.3) is 6.08 Å². The van der Waals surface area contributed by atoms with Crippen LogP contribution in [-0.4, -0.2) is 7.63 Å². The van der Waals surface area contributed by atoms with Crippen LogP contribution in [0.4, 0.5) is 0 Å². The van der Waals surface area contributed by atoms with Gasteiger partial charge in [-0.3, -0.25) is 0 Å². The maximum atomic E-state index is 7.81. The van der Waals surface area contributed by atoms with E-state index in [2.05, 4.69) is 78.7 Å². The molecule has 2 atom stereocenters. The van der Waals surface area contributed by atoms with Crippen molar-refractivity contribution >= 4 is 47.8 Å². The zero-order valence-corrected chi connectivity index (χ0v) is 21.1. The van der Waals surface area contributed by atoms with Crippen molar-refractivity contribution in [1.82, 2.24) is 0 Å². The fourth-order valence-electron chi connectivity index (χ4n) is 4.73. The topological polar surface area (TPSA) is 0 Å². The van der Waals surface area contributed by atoms with Gasteiger partial charge in [0.1, 0.15) is 0 Å². The molecular formula is C20H29Cl3SiTi. The van der Waals surface area contributed by atoms with Crippen LogP contribution in [0.1, 0.15) is 50.0 Å². The van der Waals surface area contributed by atoms with Gasteiger partial charge in [0, 0.05) is 0 Å². The van der Waals surface area contributed by atoms with Gasteiger partial charge in [0.2, 0.25) is 0 Å². The molecule has 0 spiro atoms. The van der Waals surface area contributed by atoms with Gasteiger partial charge in [-0.25, -0.2) is 0 Å². The van der Waals surface area contributed by atoms with Crippen LogP contribution in [0.5, 0.6) is 0 Å². The van der Waals surface area contributed by atoms with Gasteiger partial charge in [0.05, 0.1) is 0 Å². The summed E-state index contributed by atoms with van der Waals surface area (Å²) in [6, 6.07) is 8.80. The summed E-state index contributed by atoms with van der Waals surface area (Å²) in [5.74, 6) is 0.503. The number of hydrogen-bond donors (Lipinski definition) is 0. The largest absolute Gasteiger partial charge is 0.147 e. The molecule has 0 radical (unpaired) electrons. The van der Waals surface area contributed by atoms with Crippen LogP contribution in [0.3, 0.4) is 0 Å². The van der Waals surface area contributed by atoms with Crippen LogP contribution in [0.2, 0.25) is 4.73 Å². The standard InChI is InChI=1S/C9H7.C9H13.C2H5.3ClH.H2Si.Ti/c1-2-5-9-7-3-6-8(9)4-1;1-6-5-7(2)9(4)8(6)3;1-2;;;;;/h1-7H;6H,1-4H3;1H2,2H3;3*1H;1H2;/q;;;;;;;+1/p-1. The Balaban J connectivity index is 0.00000156. The van der Waals surface area contributed by atoms with Crippen molar-refractivity contribution in [2.24, 2.45) is 5.92 Å². The van der Waals surface area contributed by atoms with E-state index in [1.165, 1.54) is 27.8 Å². The zero-order valence-electron chi connectivity index (χ0n) is 15.7. The molecule has 3 rings (SSSR count). The predicted molar refractivity (Wildman–Crippen MR) is 118 cm³/mol. The summed E-state index contributed by atoms with van der Waals surface area (Å²) in [5, 5.41) is 0. The van der Waals surface area contributed by atoms with E-state index < -0.39 is 13.0 Å². The van der Waals surface area contributed by atoms with E-state index in [9.17, 15) is 0 Å². The summed E-state index contributed by atoms with van der Waals surface area (Å²) in [5.41, 5.74) is 7.28. The first-order valence-electron chi connectivity index (χ1n) is 8.62. The number of fused-ring (bicyclic) bond motifs is 1. The number of benzene rings is 1. The van der Waals surface area contributed by atoms with Crippen LogP contribution >= 0.6 is 34.1 Å². The Hall–Kier alpha value is 0.241. The van der Waals surface area contributed by atoms with Gasteiger partial charge >= 0.3 is 148 Å². The molecule has 1 aromatic rings. The molecule has 0 heterocycles. The van der Waals surface area contributed by atoms with E-state index in [1.54, 1.807) is 3.88 Å². The smallest absolute Gasteiger partial charge is 0.147 e. The summed E-state index contributed by atoms with van der Waals surface area (Å²) < 4.78 is 3.14. The summed E-state index contributed by atoms with van der Waals surface area (Å²) in [6.45, 7) is 11.6. The van der Waals surface area contributed by atoms with Gasteiger partial charge in [0.25, 0.3) is 0 Å². The number of halogens is 3. The Kier molecular flexibility index (Phi) is 7.17. The SMILES string of the molecule is C[CH2][Ti](=[SiH2])([Cl])([C]1=C(C)C(C)=C(C)C1C)[CH]1C=Cc2ccccc21.Cl.Cl. The molecule has 138 valence electrons. The first kappa shape index (κ1) is 23.3. The molecule has 2 aliphatic carbocycles. The Morgan fingerprint density at radius 1 is 1.08 bits per heavy atom. The molecule has 1 aromatic carbocycles. The predicted octanol–water partition coefficient (Wildman–Crippen LogP) is 6.69. The minimum absolute atomic E-state index is 0. The third-order valence-corrected chi connectivity index (χ3v) is 23.6. The van der Waals surface area contributed by atoms with Crippen molar-refractivity contribution in [3.8, 4) is 0 Å². The average Bonchev–Trinajstić information content (AvgIpc) is 3.05. The molecule has 0 amide bonds. The Morgan fingerprint density at radius 2 is 1.68 bits per heavy atom. The Labute approximate surface area is 171 Å². The van der Waals surface area contributed by atoms with Crippen LogP contribution in [-0.2, 0) is 13.0 Å². The van der Waals surface area contributed by atoms with Crippen LogP contribution in [0.15, 0.2) is 50.9 Å². The third-order valence-electron chi connectivity index (χ3n) is 6.56. The number of rotatable bonds is 3. The van der Waals surface area contributed by atoms with Gasteiger partial charge in [-0.05, 0) is 0 Å². The molecule has 2 unspecified atom stereocenters. The first-order valence-corrected chi connectivity index (χ1v) is 17.6. The van der Waals surface area contributed by atoms with Gasteiger partial charge in [-0.2, -0.15) is 0 Å². The van der Waals surface area contributed by atoms with Crippen LogP contribution in [0, 0.1) is 5.92 Å². The Bertz CT molecular complexity index is 850. The number of hydrogen-bond acceptors (Lipinski definition) is 0. The van der Waals surface area contributed by atoms with Crippen molar-refractivity contribution in [2.45, 2.75) is 43.6 Å². The second kappa shape index (κ2) is 7.70. The molecule has 2 aliphatic rings. The average molecular weight is 452 g/mol. The molecule has 5 heteroatoms. The molecule has 0 saturated heterocycles. The third kappa shape index (κ3) is 3.30. The second-order valence-corrected chi connectivity index (χ2v) is 27.9. The fraction of sp³-hybridized carbons (Fsp3) is 0.400. The summed E-state index contributed by atoms with van der Waals surface area (Å²) in [6.07, 6.45) is 4.69.